The summed E-state index contributed by atoms with van der Waals surface area (Å²) in [5.74, 6) is 0.727. The number of fused-ring (bicyclic) bond motifs is 1. The summed E-state index contributed by atoms with van der Waals surface area (Å²) >= 11 is 7.96. The van der Waals surface area contributed by atoms with E-state index in [1.54, 1.807) is 11.3 Å². The third kappa shape index (κ3) is 3.28. The van der Waals surface area contributed by atoms with Gasteiger partial charge in [-0.25, -0.2) is 9.97 Å². The number of nitrogens with zero attached hydrogens (tertiary/aromatic N) is 3. The van der Waals surface area contributed by atoms with E-state index in [4.69, 9.17) is 16.7 Å². The maximum Gasteiger partial charge on any atom is 0.145 e. The van der Waals surface area contributed by atoms with E-state index in [0.717, 1.165) is 29.0 Å². The van der Waals surface area contributed by atoms with Crippen molar-refractivity contribution in [3.05, 3.63) is 21.4 Å². The Kier molecular flexibility index (Phi) is 5.32. The Morgan fingerprint density at radius 1 is 1.25 bits per heavy atom. The van der Waals surface area contributed by atoms with Crippen LogP contribution in [-0.4, -0.2) is 39.7 Å². The fourth-order valence-electron chi connectivity index (χ4n) is 2.24. The second-order valence-electron chi connectivity index (χ2n) is 4.89. The molecule has 0 aliphatic rings. The molecule has 0 bridgehead atoms. The lowest BCUT2D eigenvalue weighted by Crippen LogP contribution is -2.28. The first kappa shape index (κ1) is 15.6. The van der Waals surface area contributed by atoms with Crippen LogP contribution in [0.3, 0.4) is 0 Å². The van der Waals surface area contributed by atoms with E-state index in [2.05, 4.69) is 35.6 Å². The van der Waals surface area contributed by atoms with Crippen molar-refractivity contribution < 1.29 is 5.11 Å². The van der Waals surface area contributed by atoms with Gasteiger partial charge in [0.25, 0.3) is 0 Å². The van der Waals surface area contributed by atoms with Crippen LogP contribution < -0.4 is 0 Å². The molecule has 2 rings (SSSR count). The molecular formula is C14H20ClN3OS. The lowest BCUT2D eigenvalue weighted by atomic mass is 10.2. The zero-order chi connectivity index (χ0) is 14.7. The minimum atomic E-state index is 0.146. The Labute approximate surface area is 128 Å². The van der Waals surface area contributed by atoms with Crippen LogP contribution in [0.15, 0.2) is 0 Å². The molecule has 0 amide bonds. The lowest BCUT2D eigenvalue weighted by Gasteiger charge is -2.19. The Morgan fingerprint density at radius 2 is 2.00 bits per heavy atom. The van der Waals surface area contributed by atoms with Crippen LogP contribution in [0.1, 0.15) is 29.6 Å². The predicted molar refractivity (Wildman–Crippen MR) is 84.6 cm³/mol. The first-order valence-electron chi connectivity index (χ1n) is 6.82. The van der Waals surface area contributed by atoms with Crippen LogP contribution in [0.2, 0.25) is 5.15 Å². The summed E-state index contributed by atoms with van der Waals surface area (Å²) in [6, 6.07) is 0. The fraction of sp³-hybridized carbons (Fsp3) is 0.571. The summed E-state index contributed by atoms with van der Waals surface area (Å²) in [6.07, 6.45) is 1.03. The maximum absolute atomic E-state index is 9.10. The van der Waals surface area contributed by atoms with Gasteiger partial charge in [-0.05, 0) is 32.4 Å². The molecule has 0 aromatic carbocycles. The molecule has 0 saturated carbocycles. The molecular weight excluding hydrogens is 294 g/mol. The molecule has 2 aromatic heterocycles. The summed E-state index contributed by atoms with van der Waals surface area (Å²) in [6.45, 7) is 8.57. The summed E-state index contributed by atoms with van der Waals surface area (Å²) in [7, 11) is 0. The first-order valence-corrected chi connectivity index (χ1v) is 8.01. The third-order valence-electron chi connectivity index (χ3n) is 3.35. The van der Waals surface area contributed by atoms with Crippen molar-refractivity contribution in [2.75, 3.05) is 19.7 Å². The fourth-order valence-corrected chi connectivity index (χ4v) is 3.67. The van der Waals surface area contributed by atoms with Crippen LogP contribution in [-0.2, 0) is 6.54 Å². The second kappa shape index (κ2) is 6.80. The van der Waals surface area contributed by atoms with Crippen molar-refractivity contribution in [2.45, 2.75) is 33.7 Å². The van der Waals surface area contributed by atoms with Gasteiger partial charge in [0.1, 0.15) is 15.8 Å². The highest BCUT2D eigenvalue weighted by molar-refractivity contribution is 7.18. The molecule has 2 heterocycles. The molecule has 20 heavy (non-hydrogen) atoms. The van der Waals surface area contributed by atoms with Crippen LogP contribution in [0.4, 0.5) is 0 Å². The number of aromatic nitrogens is 2. The van der Waals surface area contributed by atoms with Gasteiger partial charge in [0, 0.05) is 11.4 Å². The first-order chi connectivity index (χ1) is 9.56. The average Bonchev–Trinajstić information content (AvgIpc) is 2.66. The Balaban J connectivity index is 2.31. The van der Waals surface area contributed by atoms with Crippen LogP contribution >= 0.6 is 22.9 Å². The molecule has 4 nitrogen and oxygen atoms in total. The smallest absolute Gasteiger partial charge is 0.145 e. The normalized spacial score (nSPS) is 11.7. The number of hydrogen-bond donors (Lipinski definition) is 1. The zero-order valence-corrected chi connectivity index (χ0v) is 13.7. The molecule has 0 radical (unpaired) electrons. The van der Waals surface area contributed by atoms with Gasteiger partial charge in [0.05, 0.1) is 18.5 Å². The van der Waals surface area contributed by atoms with E-state index in [-0.39, 0.29) is 6.61 Å². The van der Waals surface area contributed by atoms with Crippen molar-refractivity contribution in [1.82, 2.24) is 14.9 Å². The van der Waals surface area contributed by atoms with Crippen molar-refractivity contribution in [3.63, 3.8) is 0 Å². The number of hydrogen-bond acceptors (Lipinski definition) is 5. The highest BCUT2D eigenvalue weighted by Gasteiger charge is 2.14. The molecule has 6 heteroatoms. The molecule has 0 fully saturated rings. The molecule has 0 aliphatic carbocycles. The average molecular weight is 314 g/mol. The Morgan fingerprint density at radius 3 is 2.65 bits per heavy atom. The number of thiophene rings is 1. The standard InChI is InChI=1S/C14H20ClN3OS/c1-4-5-18(6-7-19)8-11-16-13(15)12-9(2)10(3)20-14(12)17-11/h19H,4-8H2,1-3H3. The van der Waals surface area contributed by atoms with Crippen LogP contribution in [0, 0.1) is 13.8 Å². The van der Waals surface area contributed by atoms with Gasteiger partial charge in [-0.3, -0.25) is 4.90 Å². The summed E-state index contributed by atoms with van der Waals surface area (Å²) in [4.78, 5) is 13.4. The van der Waals surface area contributed by atoms with Gasteiger partial charge in [-0.1, -0.05) is 18.5 Å². The summed E-state index contributed by atoms with van der Waals surface area (Å²) in [5, 5.41) is 10.6. The molecule has 0 atom stereocenters. The third-order valence-corrected chi connectivity index (χ3v) is 4.73. The largest absolute Gasteiger partial charge is 0.395 e. The van der Waals surface area contributed by atoms with E-state index < -0.39 is 0 Å². The zero-order valence-electron chi connectivity index (χ0n) is 12.1. The SMILES string of the molecule is CCCN(CCO)Cc1nc(Cl)c2c(C)c(C)sc2n1. The highest BCUT2D eigenvalue weighted by atomic mass is 35.5. The maximum atomic E-state index is 9.10. The predicted octanol–water partition coefficient (Wildman–Crippen LogP) is 3.17. The number of halogens is 1. The van der Waals surface area contributed by atoms with Gasteiger partial charge < -0.3 is 5.11 Å². The van der Waals surface area contributed by atoms with E-state index in [1.807, 2.05) is 0 Å². The van der Waals surface area contributed by atoms with Gasteiger partial charge >= 0.3 is 0 Å². The molecule has 0 unspecified atom stereocenters. The van der Waals surface area contributed by atoms with Gasteiger partial charge in [0.2, 0.25) is 0 Å². The summed E-state index contributed by atoms with van der Waals surface area (Å²) in [5.41, 5.74) is 1.17. The van der Waals surface area contributed by atoms with Gasteiger partial charge in [0.15, 0.2) is 0 Å². The Hall–Kier alpha value is -0.750. The number of rotatable bonds is 6. The second-order valence-corrected chi connectivity index (χ2v) is 6.46. The summed E-state index contributed by atoms with van der Waals surface area (Å²) < 4.78 is 0. The monoisotopic (exact) mass is 313 g/mol. The molecule has 2 aromatic rings. The van der Waals surface area contributed by atoms with E-state index in [1.165, 1.54) is 10.4 Å². The Bertz CT molecular complexity index is 594. The number of aliphatic hydroxyl groups is 1. The molecule has 0 saturated heterocycles. The molecule has 0 spiro atoms. The van der Waals surface area contributed by atoms with Crippen molar-refractivity contribution in [2.24, 2.45) is 0 Å². The topological polar surface area (TPSA) is 49.2 Å². The molecule has 110 valence electrons. The van der Waals surface area contributed by atoms with Crippen molar-refractivity contribution >= 4 is 33.2 Å². The lowest BCUT2D eigenvalue weighted by molar-refractivity contribution is 0.187. The van der Waals surface area contributed by atoms with Crippen molar-refractivity contribution in [1.29, 1.82) is 0 Å². The van der Waals surface area contributed by atoms with Gasteiger partial charge in [-0.2, -0.15) is 0 Å². The minimum absolute atomic E-state index is 0.146. The highest BCUT2D eigenvalue weighted by Crippen LogP contribution is 2.32. The van der Waals surface area contributed by atoms with E-state index in [9.17, 15) is 0 Å². The van der Waals surface area contributed by atoms with Gasteiger partial charge in [-0.15, -0.1) is 11.3 Å². The number of aliphatic hydroxyl groups excluding tert-OH is 1. The van der Waals surface area contributed by atoms with E-state index >= 15 is 0 Å². The van der Waals surface area contributed by atoms with Crippen LogP contribution in [0.5, 0.6) is 0 Å². The quantitative estimate of drug-likeness (QED) is 0.832. The van der Waals surface area contributed by atoms with Crippen LogP contribution in [0.25, 0.3) is 10.2 Å². The molecule has 1 N–H and O–H groups in total. The minimum Gasteiger partial charge on any atom is -0.395 e. The van der Waals surface area contributed by atoms with Crippen molar-refractivity contribution in [3.8, 4) is 0 Å². The number of aryl methyl sites for hydroxylation is 2. The molecule has 0 aliphatic heterocycles. The van der Waals surface area contributed by atoms with E-state index in [0.29, 0.717) is 18.2 Å².